The first-order chi connectivity index (χ1) is 8.19. The lowest BCUT2D eigenvalue weighted by atomic mass is 10.4. The number of halogens is 2. The van der Waals surface area contributed by atoms with Crippen molar-refractivity contribution in [3.8, 4) is 0 Å². The predicted molar refractivity (Wildman–Crippen MR) is 68.0 cm³/mol. The summed E-state index contributed by atoms with van der Waals surface area (Å²) in [5, 5.41) is 1.70. The lowest BCUT2D eigenvalue weighted by Crippen LogP contribution is -1.89. The largest absolute Gasteiger partial charge is 0.298 e. The van der Waals surface area contributed by atoms with Crippen molar-refractivity contribution in [3.63, 3.8) is 0 Å². The molecule has 0 atom stereocenters. The van der Waals surface area contributed by atoms with Gasteiger partial charge in [-0.1, -0.05) is 23.2 Å². The van der Waals surface area contributed by atoms with Gasteiger partial charge in [-0.3, -0.25) is 4.79 Å². The summed E-state index contributed by atoms with van der Waals surface area (Å²) in [6.45, 7) is 0. The van der Waals surface area contributed by atoms with Crippen LogP contribution in [0.4, 0.5) is 0 Å². The fraction of sp³-hybridized carbons (Fsp3) is 0. The lowest BCUT2D eigenvalue weighted by molar-refractivity contribution is 0.112. The summed E-state index contributed by atoms with van der Waals surface area (Å²) >= 11 is 13.2. The number of aromatic nitrogens is 2. The maximum Gasteiger partial charge on any atom is 0.192 e. The van der Waals surface area contributed by atoms with Gasteiger partial charge in [-0.15, -0.1) is 0 Å². The van der Waals surface area contributed by atoms with Gasteiger partial charge in [0.15, 0.2) is 11.4 Å². The van der Waals surface area contributed by atoms with Crippen LogP contribution >= 0.6 is 35.0 Å². The zero-order chi connectivity index (χ0) is 12.3. The van der Waals surface area contributed by atoms with E-state index in [1.807, 2.05) is 0 Å². The summed E-state index contributed by atoms with van der Waals surface area (Å²) in [5.74, 6) is 0. The molecule has 0 aliphatic heterocycles. The van der Waals surface area contributed by atoms with Crippen molar-refractivity contribution in [1.82, 2.24) is 9.97 Å². The normalized spacial score (nSPS) is 10.2. The van der Waals surface area contributed by atoms with Gasteiger partial charge in [0.1, 0.15) is 0 Å². The molecule has 0 saturated heterocycles. The Labute approximate surface area is 112 Å². The van der Waals surface area contributed by atoms with Crippen molar-refractivity contribution in [3.05, 3.63) is 46.2 Å². The average Bonchev–Trinajstić information content (AvgIpc) is 2.35. The fourth-order valence-electron chi connectivity index (χ4n) is 1.09. The summed E-state index contributed by atoms with van der Waals surface area (Å²) in [4.78, 5) is 19.3. The molecule has 1 heterocycles. The second-order valence-corrected chi connectivity index (χ2v) is 4.95. The minimum Gasteiger partial charge on any atom is -0.298 e. The van der Waals surface area contributed by atoms with Gasteiger partial charge in [-0.25, -0.2) is 9.97 Å². The van der Waals surface area contributed by atoms with E-state index >= 15 is 0 Å². The Morgan fingerprint density at radius 2 is 1.88 bits per heavy atom. The van der Waals surface area contributed by atoms with Gasteiger partial charge in [0.25, 0.3) is 0 Å². The molecule has 0 unspecified atom stereocenters. The standard InChI is InChI=1S/C11H6Cl2N2OS/c12-8-1-2-9(13)10(3-8)17-11-14-4-7(6-16)5-15-11/h1-6H. The van der Waals surface area contributed by atoms with Crippen molar-refractivity contribution in [1.29, 1.82) is 0 Å². The molecule has 0 radical (unpaired) electrons. The third kappa shape index (κ3) is 3.19. The summed E-state index contributed by atoms with van der Waals surface area (Å²) in [7, 11) is 0. The summed E-state index contributed by atoms with van der Waals surface area (Å²) in [6.07, 6.45) is 3.61. The van der Waals surface area contributed by atoms with E-state index in [9.17, 15) is 4.79 Å². The maximum atomic E-state index is 10.4. The first-order valence-electron chi connectivity index (χ1n) is 4.59. The van der Waals surface area contributed by atoms with Crippen LogP contribution in [0.3, 0.4) is 0 Å². The average molecular weight is 285 g/mol. The van der Waals surface area contributed by atoms with Gasteiger partial charge < -0.3 is 0 Å². The lowest BCUT2D eigenvalue weighted by Gasteiger charge is -2.03. The van der Waals surface area contributed by atoms with Crippen LogP contribution in [0.15, 0.2) is 40.6 Å². The summed E-state index contributed by atoms with van der Waals surface area (Å²) < 4.78 is 0. The van der Waals surface area contributed by atoms with Crippen molar-refractivity contribution in [2.24, 2.45) is 0 Å². The van der Waals surface area contributed by atoms with Crippen LogP contribution in [0, 0.1) is 0 Å². The molecule has 0 N–H and O–H groups in total. The first kappa shape index (κ1) is 12.4. The SMILES string of the molecule is O=Cc1cnc(Sc2cc(Cl)ccc2Cl)nc1. The number of carbonyl (C=O) groups excluding carboxylic acids is 1. The molecule has 0 spiro atoms. The van der Waals surface area contributed by atoms with Crippen LogP contribution in [0.2, 0.25) is 10.0 Å². The van der Waals surface area contributed by atoms with Gasteiger partial charge in [0.05, 0.1) is 10.6 Å². The van der Waals surface area contributed by atoms with Gasteiger partial charge >= 0.3 is 0 Å². The molecule has 0 amide bonds. The van der Waals surface area contributed by atoms with Crippen molar-refractivity contribution >= 4 is 41.2 Å². The van der Waals surface area contributed by atoms with Crippen LogP contribution in [0.1, 0.15) is 10.4 Å². The summed E-state index contributed by atoms with van der Waals surface area (Å²) in [6, 6.07) is 5.17. The van der Waals surface area contributed by atoms with E-state index in [4.69, 9.17) is 23.2 Å². The molecule has 0 saturated carbocycles. The Morgan fingerprint density at radius 1 is 1.18 bits per heavy atom. The van der Waals surface area contributed by atoms with E-state index < -0.39 is 0 Å². The van der Waals surface area contributed by atoms with E-state index in [2.05, 4.69) is 9.97 Å². The Kier molecular flexibility index (Phi) is 3.99. The molecular formula is C11H6Cl2N2OS. The molecule has 1 aromatic carbocycles. The third-order valence-electron chi connectivity index (χ3n) is 1.88. The molecule has 1 aromatic heterocycles. The van der Waals surface area contributed by atoms with Crippen LogP contribution in [-0.4, -0.2) is 16.3 Å². The molecule has 0 aliphatic carbocycles. The molecule has 0 aliphatic rings. The number of benzene rings is 1. The Bertz CT molecular complexity index is 546. The van der Waals surface area contributed by atoms with Crippen LogP contribution in [0.5, 0.6) is 0 Å². The predicted octanol–water partition coefficient (Wildman–Crippen LogP) is 3.75. The molecule has 2 aromatic rings. The number of hydrogen-bond donors (Lipinski definition) is 0. The molecule has 17 heavy (non-hydrogen) atoms. The van der Waals surface area contributed by atoms with E-state index in [-0.39, 0.29) is 0 Å². The van der Waals surface area contributed by atoms with E-state index in [1.165, 1.54) is 24.2 Å². The molecule has 3 nitrogen and oxygen atoms in total. The van der Waals surface area contributed by atoms with Gasteiger partial charge in [0, 0.05) is 22.3 Å². The summed E-state index contributed by atoms with van der Waals surface area (Å²) in [5.41, 5.74) is 0.437. The Balaban J connectivity index is 2.24. The zero-order valence-electron chi connectivity index (χ0n) is 8.43. The fourth-order valence-corrected chi connectivity index (χ4v) is 2.32. The number of rotatable bonds is 3. The molecular weight excluding hydrogens is 279 g/mol. The highest BCUT2D eigenvalue weighted by Gasteiger charge is 2.06. The minimum absolute atomic E-state index is 0.437. The molecule has 2 rings (SSSR count). The first-order valence-corrected chi connectivity index (χ1v) is 6.16. The van der Waals surface area contributed by atoms with Crippen molar-refractivity contribution < 1.29 is 4.79 Å². The monoisotopic (exact) mass is 284 g/mol. The van der Waals surface area contributed by atoms with Gasteiger partial charge in [-0.2, -0.15) is 0 Å². The quantitative estimate of drug-likeness (QED) is 0.636. The van der Waals surface area contributed by atoms with Crippen LogP contribution < -0.4 is 0 Å². The zero-order valence-corrected chi connectivity index (χ0v) is 10.8. The highest BCUT2D eigenvalue weighted by atomic mass is 35.5. The highest BCUT2D eigenvalue weighted by molar-refractivity contribution is 7.99. The second-order valence-electron chi connectivity index (χ2n) is 3.09. The van der Waals surface area contributed by atoms with E-state index in [0.717, 1.165) is 4.90 Å². The third-order valence-corrected chi connectivity index (χ3v) is 3.51. The topological polar surface area (TPSA) is 42.9 Å². The van der Waals surface area contributed by atoms with Crippen molar-refractivity contribution in [2.75, 3.05) is 0 Å². The molecule has 86 valence electrons. The molecule has 0 fully saturated rings. The molecule has 6 heteroatoms. The maximum absolute atomic E-state index is 10.4. The number of nitrogens with zero attached hydrogens (tertiary/aromatic N) is 2. The highest BCUT2D eigenvalue weighted by Crippen LogP contribution is 2.33. The van der Waals surface area contributed by atoms with Gasteiger partial charge in [0.2, 0.25) is 0 Å². The van der Waals surface area contributed by atoms with Gasteiger partial charge in [-0.05, 0) is 30.0 Å². The number of aldehydes is 1. The second kappa shape index (κ2) is 5.49. The minimum atomic E-state index is 0.437. The van der Waals surface area contributed by atoms with Crippen molar-refractivity contribution in [2.45, 2.75) is 10.1 Å². The Morgan fingerprint density at radius 3 is 2.53 bits per heavy atom. The van der Waals surface area contributed by atoms with Crippen LogP contribution in [-0.2, 0) is 0 Å². The number of hydrogen-bond acceptors (Lipinski definition) is 4. The van der Waals surface area contributed by atoms with Crippen LogP contribution in [0.25, 0.3) is 0 Å². The Hall–Kier alpha value is -1.10. The molecule has 0 bridgehead atoms. The van der Waals surface area contributed by atoms with E-state index in [0.29, 0.717) is 27.1 Å². The smallest absolute Gasteiger partial charge is 0.192 e. The number of carbonyl (C=O) groups is 1. The van der Waals surface area contributed by atoms with E-state index in [1.54, 1.807) is 18.2 Å².